The van der Waals surface area contributed by atoms with Gasteiger partial charge in [-0.3, -0.25) is 4.79 Å². The van der Waals surface area contributed by atoms with Gasteiger partial charge in [-0.15, -0.1) is 0 Å². The van der Waals surface area contributed by atoms with Crippen molar-refractivity contribution in [3.05, 3.63) is 89.2 Å². The van der Waals surface area contributed by atoms with Crippen LogP contribution in [-0.4, -0.2) is 48.1 Å². The van der Waals surface area contributed by atoms with Crippen LogP contribution in [0.2, 0.25) is 0 Å². The zero-order valence-corrected chi connectivity index (χ0v) is 20.6. The summed E-state index contributed by atoms with van der Waals surface area (Å²) in [6.07, 6.45) is -5.04. The van der Waals surface area contributed by atoms with Crippen molar-refractivity contribution in [1.82, 2.24) is 4.90 Å². The molecule has 1 atom stereocenters. The largest absolute Gasteiger partial charge is 0.481 e. The first-order valence-electron chi connectivity index (χ1n) is 12.2. The molecule has 0 aromatic heterocycles. The molecule has 0 aliphatic carbocycles. The maximum atomic E-state index is 14.9. The molecule has 6 nitrogen and oxygen atoms in total. The fraction of sp³-hybridized carbons (Fsp3) is 0.286. The van der Waals surface area contributed by atoms with E-state index in [9.17, 15) is 27.5 Å². The number of carbonyl (C=O) groups is 1. The maximum Gasteiger partial charge on any atom is 0.416 e. The number of rotatable bonds is 4. The number of nitrogens with zero attached hydrogens (tertiary/aromatic N) is 4. The van der Waals surface area contributed by atoms with Crippen LogP contribution < -0.4 is 9.80 Å². The Morgan fingerprint density at radius 3 is 2.29 bits per heavy atom. The third kappa shape index (κ3) is 5.03. The molecule has 2 heterocycles. The molecule has 2 aliphatic heterocycles. The first kappa shape index (κ1) is 25.6. The van der Waals surface area contributed by atoms with Gasteiger partial charge in [0, 0.05) is 43.1 Å². The van der Waals surface area contributed by atoms with Gasteiger partial charge in [-0.1, -0.05) is 30.3 Å². The average molecular weight is 527 g/mol. The van der Waals surface area contributed by atoms with E-state index >= 15 is 0 Å². The molecule has 1 N–H and O–H groups in total. The highest BCUT2D eigenvalue weighted by Gasteiger charge is 2.39. The standard InChI is InChI=1S/C28H26F4N4O2/c1-18-5-2-7-20(15-18)34-11-13-35(14-12-34)27-33-26-22(9-4-10-23(26)29)24(17-25(37)38)36(27)21-8-3-6-19(16-21)28(30,31)32/h2-10,15-16,24H,11-14,17H2,1H3,(H,37,38). The lowest BCUT2D eigenvalue weighted by atomic mass is 9.97. The number of para-hydroxylation sites is 1. The van der Waals surface area contributed by atoms with Crippen LogP contribution >= 0.6 is 0 Å². The van der Waals surface area contributed by atoms with Crippen molar-refractivity contribution in [2.75, 3.05) is 36.0 Å². The van der Waals surface area contributed by atoms with Crippen molar-refractivity contribution in [2.45, 2.75) is 25.6 Å². The molecule has 5 rings (SSSR count). The highest BCUT2D eigenvalue weighted by atomic mass is 19.4. The fourth-order valence-electron chi connectivity index (χ4n) is 5.06. The van der Waals surface area contributed by atoms with Crippen LogP contribution in [0.3, 0.4) is 0 Å². The van der Waals surface area contributed by atoms with E-state index in [4.69, 9.17) is 0 Å². The van der Waals surface area contributed by atoms with Crippen molar-refractivity contribution in [1.29, 1.82) is 0 Å². The number of guanidine groups is 1. The van der Waals surface area contributed by atoms with Crippen LogP contribution in [0, 0.1) is 12.7 Å². The summed E-state index contributed by atoms with van der Waals surface area (Å²) in [5.74, 6) is -1.54. The van der Waals surface area contributed by atoms with E-state index in [1.165, 1.54) is 29.2 Å². The molecule has 3 aromatic rings. The lowest BCUT2D eigenvalue weighted by molar-refractivity contribution is -0.138. The molecular weight excluding hydrogens is 500 g/mol. The zero-order valence-electron chi connectivity index (χ0n) is 20.6. The van der Waals surface area contributed by atoms with Gasteiger partial charge in [0.05, 0.1) is 18.0 Å². The summed E-state index contributed by atoms with van der Waals surface area (Å²) in [4.78, 5) is 22.1. The number of aliphatic imine (C=N–C) groups is 1. The highest BCUT2D eigenvalue weighted by molar-refractivity contribution is 6.01. The molecule has 198 valence electrons. The van der Waals surface area contributed by atoms with Gasteiger partial charge >= 0.3 is 12.1 Å². The van der Waals surface area contributed by atoms with E-state index in [1.54, 1.807) is 6.07 Å². The number of benzene rings is 3. The molecule has 1 fully saturated rings. The molecule has 1 unspecified atom stereocenters. The molecule has 10 heteroatoms. The molecule has 2 aliphatic rings. The van der Waals surface area contributed by atoms with Crippen molar-refractivity contribution >= 4 is 29.0 Å². The van der Waals surface area contributed by atoms with Crippen molar-refractivity contribution in [3.8, 4) is 0 Å². The first-order chi connectivity index (χ1) is 18.1. The number of aliphatic carboxylic acids is 1. The van der Waals surface area contributed by atoms with Crippen molar-refractivity contribution < 1.29 is 27.5 Å². The number of hydrogen-bond donors (Lipinski definition) is 1. The molecule has 0 amide bonds. The number of halogens is 4. The molecule has 0 radical (unpaired) electrons. The highest BCUT2D eigenvalue weighted by Crippen LogP contribution is 2.43. The minimum absolute atomic E-state index is 0.0121. The Bertz CT molecular complexity index is 1380. The van der Waals surface area contributed by atoms with E-state index in [-0.39, 0.29) is 17.3 Å². The molecule has 0 saturated carbocycles. The number of fused-ring (bicyclic) bond motifs is 1. The van der Waals surface area contributed by atoms with Gasteiger partial charge in [0.15, 0.2) is 0 Å². The molecule has 0 spiro atoms. The molecule has 38 heavy (non-hydrogen) atoms. The predicted molar refractivity (Wildman–Crippen MR) is 137 cm³/mol. The summed E-state index contributed by atoms with van der Waals surface area (Å²) in [6, 6.07) is 16.1. The lowest BCUT2D eigenvalue weighted by Crippen LogP contribution is -2.55. The number of alkyl halides is 3. The Balaban J connectivity index is 1.57. The number of anilines is 2. The summed E-state index contributed by atoms with van der Waals surface area (Å²) in [6.45, 7) is 4.15. The monoisotopic (exact) mass is 526 g/mol. The van der Waals surface area contributed by atoms with Gasteiger partial charge in [0.1, 0.15) is 11.5 Å². The van der Waals surface area contributed by atoms with E-state index in [0.717, 1.165) is 23.4 Å². The topological polar surface area (TPSA) is 59.4 Å². The quantitative estimate of drug-likeness (QED) is 0.423. The Labute approximate surface area is 217 Å². The second-order valence-electron chi connectivity index (χ2n) is 9.43. The zero-order chi connectivity index (χ0) is 27.0. The van der Waals surface area contributed by atoms with Crippen LogP contribution in [0.25, 0.3) is 0 Å². The minimum atomic E-state index is -4.59. The molecule has 1 saturated heterocycles. The van der Waals surface area contributed by atoms with Gasteiger partial charge in [-0.2, -0.15) is 13.2 Å². The number of piperazine rings is 1. The first-order valence-corrected chi connectivity index (χ1v) is 12.2. The third-order valence-corrected chi connectivity index (χ3v) is 6.86. The summed E-state index contributed by atoms with van der Waals surface area (Å²) in [7, 11) is 0. The predicted octanol–water partition coefficient (Wildman–Crippen LogP) is 6.00. The van der Waals surface area contributed by atoms with E-state index in [0.29, 0.717) is 31.7 Å². The lowest BCUT2D eigenvalue weighted by Gasteiger charge is -2.45. The summed E-state index contributed by atoms with van der Waals surface area (Å²) in [5.41, 5.74) is 1.79. The number of hydrogen-bond acceptors (Lipinski definition) is 5. The Kier molecular flexibility index (Phi) is 6.73. The second kappa shape index (κ2) is 10.00. The van der Waals surface area contributed by atoms with Gasteiger partial charge in [-0.25, -0.2) is 9.38 Å². The summed E-state index contributed by atoms with van der Waals surface area (Å²) in [5, 5.41) is 9.73. The Morgan fingerprint density at radius 2 is 1.61 bits per heavy atom. The third-order valence-electron chi connectivity index (χ3n) is 6.86. The normalized spacial score (nSPS) is 17.8. The van der Waals surface area contributed by atoms with Gasteiger partial charge in [0.2, 0.25) is 5.96 Å². The van der Waals surface area contributed by atoms with Gasteiger partial charge in [-0.05, 0) is 48.9 Å². The number of carboxylic acid groups (broad SMARTS) is 1. The molecule has 3 aromatic carbocycles. The van der Waals surface area contributed by atoms with Crippen LogP contribution in [0.1, 0.15) is 29.2 Å². The van der Waals surface area contributed by atoms with Crippen molar-refractivity contribution in [3.63, 3.8) is 0 Å². The fourth-order valence-corrected chi connectivity index (χ4v) is 5.06. The number of carboxylic acids is 1. The van der Waals surface area contributed by atoms with E-state index in [2.05, 4.69) is 16.0 Å². The molecule has 0 bridgehead atoms. The van der Waals surface area contributed by atoms with Gasteiger partial charge < -0.3 is 19.8 Å². The Morgan fingerprint density at radius 1 is 0.947 bits per heavy atom. The Hall–Kier alpha value is -4.08. The summed E-state index contributed by atoms with van der Waals surface area (Å²) < 4.78 is 55.8. The number of aryl methyl sites for hydroxylation is 1. The second-order valence-corrected chi connectivity index (χ2v) is 9.43. The van der Waals surface area contributed by atoms with E-state index in [1.807, 2.05) is 30.0 Å². The maximum absolute atomic E-state index is 14.9. The summed E-state index contributed by atoms with van der Waals surface area (Å²) >= 11 is 0. The molecular formula is C28H26F4N4O2. The minimum Gasteiger partial charge on any atom is -0.481 e. The van der Waals surface area contributed by atoms with Crippen LogP contribution in [-0.2, 0) is 11.0 Å². The average Bonchev–Trinajstić information content (AvgIpc) is 2.88. The van der Waals surface area contributed by atoms with E-state index < -0.39 is 36.0 Å². The SMILES string of the molecule is Cc1cccc(N2CCN(C3=Nc4c(F)cccc4C(CC(=O)O)N3c3cccc(C(F)(F)F)c3)CC2)c1. The van der Waals surface area contributed by atoms with Crippen LogP contribution in [0.15, 0.2) is 71.7 Å². The van der Waals surface area contributed by atoms with Crippen LogP contribution in [0.5, 0.6) is 0 Å². The van der Waals surface area contributed by atoms with Crippen molar-refractivity contribution in [2.24, 2.45) is 4.99 Å². The van der Waals surface area contributed by atoms with Gasteiger partial charge in [0.25, 0.3) is 0 Å². The van der Waals surface area contributed by atoms with Crippen LogP contribution in [0.4, 0.5) is 34.6 Å². The smallest absolute Gasteiger partial charge is 0.416 e.